The molecule has 0 aliphatic heterocycles. The van der Waals surface area contributed by atoms with Crippen LogP contribution >= 0.6 is 0 Å². The number of aryl methyl sites for hydroxylation is 1. The molecule has 0 spiro atoms. The van der Waals surface area contributed by atoms with Crippen molar-refractivity contribution in [3.05, 3.63) is 94.4 Å². The van der Waals surface area contributed by atoms with Crippen molar-refractivity contribution in [2.24, 2.45) is 0 Å². The highest BCUT2D eigenvalue weighted by Gasteiger charge is 2.30. The summed E-state index contributed by atoms with van der Waals surface area (Å²) in [5, 5.41) is 2.48. The smallest absolute Gasteiger partial charge is 0.416 e. The molecule has 0 radical (unpaired) electrons. The van der Waals surface area contributed by atoms with Gasteiger partial charge in [-0.25, -0.2) is 9.18 Å². The second-order valence-electron chi connectivity index (χ2n) is 8.72. The maximum Gasteiger partial charge on any atom is 0.416 e. The third kappa shape index (κ3) is 6.11. The van der Waals surface area contributed by atoms with E-state index in [4.69, 9.17) is 4.74 Å². The first-order chi connectivity index (χ1) is 17.2. The predicted molar refractivity (Wildman–Crippen MR) is 130 cm³/mol. The van der Waals surface area contributed by atoms with Gasteiger partial charge < -0.3 is 10.1 Å². The van der Waals surface area contributed by atoms with Gasteiger partial charge >= 0.3 is 12.3 Å². The maximum absolute atomic E-state index is 14.3. The molecule has 1 amide bonds. The standard InChI is InChI=1S/C28H26F4N2O2/c1-18-22-13-12-20(24(22)16-26(34-18)23-10-2-3-11-25(23)29)8-4-5-14-36-27(35)33-17-19-7-6-9-21(15-19)28(30,31)32/h2-3,6-7,9-13,15-16,20H,4-5,8,14,17H2,1H3,(H,33,35). The monoisotopic (exact) mass is 498 g/mol. The summed E-state index contributed by atoms with van der Waals surface area (Å²) in [4.78, 5) is 16.5. The molecule has 4 rings (SSSR count). The zero-order valence-corrected chi connectivity index (χ0v) is 19.7. The lowest BCUT2D eigenvalue weighted by Crippen LogP contribution is -2.24. The van der Waals surface area contributed by atoms with Gasteiger partial charge in [0, 0.05) is 23.7 Å². The van der Waals surface area contributed by atoms with E-state index in [1.807, 2.05) is 19.1 Å². The Labute approximate surface area is 207 Å². The minimum Gasteiger partial charge on any atom is -0.450 e. The molecule has 0 saturated heterocycles. The molecule has 8 heteroatoms. The lowest BCUT2D eigenvalue weighted by atomic mass is 9.93. The highest BCUT2D eigenvalue weighted by molar-refractivity contribution is 5.70. The van der Waals surface area contributed by atoms with Gasteiger partial charge in [-0.2, -0.15) is 13.2 Å². The molecule has 36 heavy (non-hydrogen) atoms. The Hall–Kier alpha value is -3.68. The normalized spacial score (nSPS) is 14.5. The van der Waals surface area contributed by atoms with E-state index in [2.05, 4.69) is 16.4 Å². The van der Waals surface area contributed by atoms with Crippen LogP contribution < -0.4 is 5.32 Å². The van der Waals surface area contributed by atoms with Gasteiger partial charge in [-0.15, -0.1) is 0 Å². The molecule has 1 atom stereocenters. The summed E-state index contributed by atoms with van der Waals surface area (Å²) in [7, 11) is 0. The van der Waals surface area contributed by atoms with Crippen LogP contribution in [0.5, 0.6) is 0 Å². The average molecular weight is 499 g/mol. The topological polar surface area (TPSA) is 51.2 Å². The largest absolute Gasteiger partial charge is 0.450 e. The molecule has 2 aromatic carbocycles. The van der Waals surface area contributed by atoms with Crippen molar-refractivity contribution in [3.63, 3.8) is 0 Å². The SMILES string of the molecule is Cc1nc(-c2ccccc2F)cc2c1C=CC2CCCCOC(=O)NCc1cccc(C(F)(F)F)c1. The van der Waals surface area contributed by atoms with Gasteiger partial charge in [0.2, 0.25) is 0 Å². The molecular weight excluding hydrogens is 472 g/mol. The Bertz CT molecular complexity index is 1270. The van der Waals surface area contributed by atoms with Crippen LogP contribution in [0.2, 0.25) is 0 Å². The quantitative estimate of drug-likeness (QED) is 0.260. The summed E-state index contributed by atoms with van der Waals surface area (Å²) in [6, 6.07) is 13.3. The third-order valence-electron chi connectivity index (χ3n) is 6.16. The Balaban J connectivity index is 1.24. The maximum atomic E-state index is 14.3. The number of ether oxygens (including phenoxy) is 1. The lowest BCUT2D eigenvalue weighted by molar-refractivity contribution is -0.137. The number of hydrogen-bond donors (Lipinski definition) is 1. The summed E-state index contributed by atoms with van der Waals surface area (Å²) in [6.45, 7) is 2.07. The van der Waals surface area contributed by atoms with E-state index in [-0.39, 0.29) is 24.9 Å². The number of benzene rings is 2. The fraction of sp³-hybridized carbons (Fsp3) is 0.286. The highest BCUT2D eigenvalue weighted by atomic mass is 19.4. The fourth-order valence-electron chi connectivity index (χ4n) is 4.32. The Morgan fingerprint density at radius 3 is 2.67 bits per heavy atom. The number of halogens is 4. The highest BCUT2D eigenvalue weighted by Crippen LogP contribution is 2.37. The van der Waals surface area contributed by atoms with Crippen LogP contribution in [0.15, 0.2) is 60.7 Å². The lowest BCUT2D eigenvalue weighted by Gasteiger charge is -2.14. The first kappa shape index (κ1) is 25.4. The molecule has 0 bridgehead atoms. The number of amides is 1. The summed E-state index contributed by atoms with van der Waals surface area (Å²) < 4.78 is 57.8. The first-order valence-electron chi connectivity index (χ1n) is 11.7. The minimum absolute atomic E-state index is 0.0515. The van der Waals surface area contributed by atoms with Crippen molar-refractivity contribution in [3.8, 4) is 11.3 Å². The molecule has 3 aromatic rings. The number of hydrogen-bond acceptors (Lipinski definition) is 3. The number of fused-ring (bicyclic) bond motifs is 1. The van der Waals surface area contributed by atoms with Crippen LogP contribution in [-0.2, 0) is 17.5 Å². The molecule has 1 N–H and O–H groups in total. The third-order valence-corrected chi connectivity index (χ3v) is 6.16. The van der Waals surface area contributed by atoms with Gasteiger partial charge in [0.25, 0.3) is 0 Å². The number of nitrogens with zero attached hydrogens (tertiary/aromatic N) is 1. The average Bonchev–Trinajstić information content (AvgIpc) is 3.26. The van der Waals surface area contributed by atoms with E-state index < -0.39 is 17.8 Å². The summed E-state index contributed by atoms with van der Waals surface area (Å²) in [6.07, 6.45) is 1.33. The number of aromatic nitrogens is 1. The van der Waals surface area contributed by atoms with E-state index in [9.17, 15) is 22.4 Å². The van der Waals surface area contributed by atoms with Crippen molar-refractivity contribution in [2.75, 3.05) is 6.61 Å². The van der Waals surface area contributed by atoms with Crippen LogP contribution in [0.1, 0.15) is 53.1 Å². The molecule has 1 aliphatic rings. The molecular formula is C28H26F4N2O2. The zero-order chi connectivity index (χ0) is 25.7. The number of allylic oxidation sites excluding steroid dienone is 1. The van der Waals surface area contributed by atoms with Gasteiger partial charge in [-0.3, -0.25) is 4.98 Å². The van der Waals surface area contributed by atoms with Crippen LogP contribution in [-0.4, -0.2) is 17.7 Å². The zero-order valence-electron chi connectivity index (χ0n) is 19.7. The molecule has 0 saturated carbocycles. The van der Waals surface area contributed by atoms with E-state index in [0.29, 0.717) is 23.2 Å². The minimum atomic E-state index is -4.43. The van der Waals surface area contributed by atoms with Crippen molar-refractivity contribution >= 4 is 12.2 Å². The number of carbonyl (C=O) groups is 1. The van der Waals surface area contributed by atoms with Crippen LogP contribution in [0, 0.1) is 12.7 Å². The Morgan fingerprint density at radius 2 is 1.89 bits per heavy atom. The van der Waals surface area contributed by atoms with E-state index in [1.165, 1.54) is 18.2 Å². The van der Waals surface area contributed by atoms with Crippen LogP contribution in [0.3, 0.4) is 0 Å². The number of carbonyl (C=O) groups excluding carboxylic acids is 1. The van der Waals surface area contributed by atoms with Crippen molar-refractivity contribution in [1.29, 1.82) is 0 Å². The van der Waals surface area contributed by atoms with E-state index >= 15 is 0 Å². The molecule has 4 nitrogen and oxygen atoms in total. The van der Waals surface area contributed by atoms with Crippen molar-refractivity contribution < 1.29 is 27.1 Å². The second-order valence-corrected chi connectivity index (χ2v) is 8.72. The molecule has 188 valence electrons. The molecule has 0 fully saturated rings. The molecule has 1 aromatic heterocycles. The van der Waals surface area contributed by atoms with Crippen molar-refractivity contribution in [2.45, 2.75) is 44.8 Å². The molecule has 1 aliphatic carbocycles. The molecule has 1 heterocycles. The summed E-state index contributed by atoms with van der Waals surface area (Å²) in [5.74, 6) is -0.141. The Morgan fingerprint density at radius 1 is 1.08 bits per heavy atom. The number of alkyl halides is 3. The Kier molecular flexibility index (Phi) is 7.72. The van der Waals surface area contributed by atoms with Crippen LogP contribution in [0.25, 0.3) is 17.3 Å². The van der Waals surface area contributed by atoms with Gasteiger partial charge in [-0.1, -0.05) is 36.4 Å². The number of rotatable bonds is 8. The number of unbranched alkanes of at least 4 members (excludes halogenated alkanes) is 1. The van der Waals surface area contributed by atoms with Gasteiger partial charge in [0.1, 0.15) is 5.82 Å². The summed E-state index contributed by atoms with van der Waals surface area (Å²) >= 11 is 0. The fourth-order valence-corrected chi connectivity index (χ4v) is 4.32. The number of nitrogens with one attached hydrogen (secondary N) is 1. The summed E-state index contributed by atoms with van der Waals surface area (Å²) in [5.41, 5.74) is 3.69. The van der Waals surface area contributed by atoms with Crippen molar-refractivity contribution in [1.82, 2.24) is 10.3 Å². The second kappa shape index (κ2) is 10.9. The van der Waals surface area contributed by atoms with Gasteiger partial charge in [-0.05, 0) is 73.2 Å². The number of pyridine rings is 1. The van der Waals surface area contributed by atoms with E-state index in [1.54, 1.807) is 18.2 Å². The first-order valence-corrected chi connectivity index (χ1v) is 11.7. The molecule has 1 unspecified atom stereocenters. The number of alkyl carbamates (subject to hydrolysis) is 1. The van der Waals surface area contributed by atoms with Gasteiger partial charge in [0.15, 0.2) is 0 Å². The van der Waals surface area contributed by atoms with Crippen LogP contribution in [0.4, 0.5) is 22.4 Å². The predicted octanol–water partition coefficient (Wildman–Crippen LogP) is 7.42. The van der Waals surface area contributed by atoms with E-state index in [0.717, 1.165) is 41.8 Å². The van der Waals surface area contributed by atoms with Gasteiger partial charge in [0.05, 0.1) is 17.9 Å².